The minimum atomic E-state index is -0.538. The summed E-state index contributed by atoms with van der Waals surface area (Å²) < 4.78 is 13.1. The first-order chi connectivity index (χ1) is 18.5. The molecule has 5 rings (SSSR count). The molecule has 9 heteroatoms. The molecule has 0 spiro atoms. The maximum atomic E-state index is 11.4. The number of anilines is 2. The molecule has 9 nitrogen and oxygen atoms in total. The van der Waals surface area contributed by atoms with Crippen molar-refractivity contribution in [3.05, 3.63) is 83.7 Å². The fourth-order valence-electron chi connectivity index (χ4n) is 5.09. The lowest BCUT2D eigenvalue weighted by Crippen LogP contribution is -2.51. The number of aliphatic hydroxyl groups excluding tert-OH is 1. The number of piperazine rings is 1. The van der Waals surface area contributed by atoms with Crippen molar-refractivity contribution in [3.8, 4) is 0 Å². The predicted molar refractivity (Wildman–Crippen MR) is 144 cm³/mol. The molecule has 0 unspecified atom stereocenters. The lowest BCUT2D eigenvalue weighted by atomic mass is 9.90. The van der Waals surface area contributed by atoms with Crippen molar-refractivity contribution in [3.63, 3.8) is 0 Å². The van der Waals surface area contributed by atoms with Gasteiger partial charge in [-0.2, -0.15) is 0 Å². The number of aliphatic hydroxyl groups is 1. The fourth-order valence-corrected chi connectivity index (χ4v) is 5.09. The van der Waals surface area contributed by atoms with Crippen LogP contribution in [-0.2, 0) is 20.9 Å². The Kier molecular flexibility index (Phi) is 8.29. The molecule has 2 aliphatic heterocycles. The maximum absolute atomic E-state index is 11.4. The Hall–Kier alpha value is -3.37. The average Bonchev–Trinajstić information content (AvgIpc) is 2.95. The minimum absolute atomic E-state index is 0.0103. The number of carbonyl (C=O) groups is 1. The molecule has 2 aromatic carbocycles. The number of carbonyl (C=O) groups excluding carboxylic acids is 1. The van der Waals surface area contributed by atoms with Crippen LogP contribution in [0, 0.1) is 5.92 Å². The Morgan fingerprint density at radius 2 is 1.63 bits per heavy atom. The third-order valence-corrected chi connectivity index (χ3v) is 7.27. The Balaban J connectivity index is 1.32. The Morgan fingerprint density at radius 3 is 2.26 bits per heavy atom. The third-order valence-electron chi connectivity index (χ3n) is 7.27. The van der Waals surface area contributed by atoms with Gasteiger partial charge in [-0.25, -0.2) is 9.97 Å². The van der Waals surface area contributed by atoms with Gasteiger partial charge in [0.2, 0.25) is 11.9 Å². The standard InChI is InChI=1S/C29H35N5O4/c1-20-26(18-33-14-16-34(17-15-33)29-30-12-3-13-31-29)37-28(24-8-10-25(11-9-24)32-21(2)36)38-27(20)23-6-4-22(19-35)5-7-23/h3-13,20,26-28,35H,14-19H2,1-2H3,(H,32,36)/t20-,26+,27+,28+/m0/s1. The average molecular weight is 518 g/mol. The molecule has 3 aromatic rings. The SMILES string of the molecule is CC(=O)Nc1ccc([C@@H]2O[C@H](CN3CCN(c4ncccn4)CC3)[C@H](C)[C@H](c3ccc(CO)cc3)O2)cc1. The van der Waals surface area contributed by atoms with E-state index in [1.807, 2.05) is 54.6 Å². The second-order valence-electron chi connectivity index (χ2n) is 9.96. The van der Waals surface area contributed by atoms with Crippen molar-refractivity contribution in [2.24, 2.45) is 5.92 Å². The molecule has 2 N–H and O–H groups in total. The van der Waals surface area contributed by atoms with Crippen molar-refractivity contribution in [1.29, 1.82) is 0 Å². The van der Waals surface area contributed by atoms with Crippen molar-refractivity contribution < 1.29 is 19.4 Å². The van der Waals surface area contributed by atoms with Gasteiger partial charge in [0, 0.05) is 69.2 Å². The molecule has 0 saturated carbocycles. The number of rotatable bonds is 7. The summed E-state index contributed by atoms with van der Waals surface area (Å²) in [5.74, 6) is 0.777. The van der Waals surface area contributed by atoms with E-state index in [1.165, 1.54) is 6.92 Å². The molecule has 1 aromatic heterocycles. The number of hydrogen-bond donors (Lipinski definition) is 2. The lowest BCUT2D eigenvalue weighted by molar-refractivity contribution is -0.276. The van der Waals surface area contributed by atoms with Crippen molar-refractivity contribution >= 4 is 17.5 Å². The largest absolute Gasteiger partial charge is 0.392 e. The highest BCUT2D eigenvalue weighted by atomic mass is 16.7. The molecule has 4 atom stereocenters. The fraction of sp³-hybridized carbons (Fsp3) is 0.414. The van der Waals surface area contributed by atoms with Crippen LogP contribution in [0.25, 0.3) is 0 Å². The zero-order valence-corrected chi connectivity index (χ0v) is 21.9. The first-order valence-corrected chi connectivity index (χ1v) is 13.1. The smallest absolute Gasteiger partial charge is 0.225 e. The quantitative estimate of drug-likeness (QED) is 0.491. The van der Waals surface area contributed by atoms with Gasteiger partial charge in [0.1, 0.15) is 0 Å². The van der Waals surface area contributed by atoms with Crippen LogP contribution in [0.2, 0.25) is 0 Å². The van der Waals surface area contributed by atoms with E-state index in [9.17, 15) is 9.90 Å². The monoisotopic (exact) mass is 517 g/mol. The van der Waals surface area contributed by atoms with E-state index in [1.54, 1.807) is 12.4 Å². The summed E-state index contributed by atoms with van der Waals surface area (Å²) in [5.41, 5.74) is 3.57. The topological polar surface area (TPSA) is 100 Å². The van der Waals surface area contributed by atoms with E-state index in [0.717, 1.165) is 61.0 Å². The summed E-state index contributed by atoms with van der Waals surface area (Å²) in [6.45, 7) is 8.00. The van der Waals surface area contributed by atoms with E-state index in [4.69, 9.17) is 9.47 Å². The van der Waals surface area contributed by atoms with Gasteiger partial charge in [-0.05, 0) is 29.3 Å². The van der Waals surface area contributed by atoms with Crippen molar-refractivity contribution in [2.75, 3.05) is 42.9 Å². The number of nitrogens with zero attached hydrogens (tertiary/aromatic N) is 4. The lowest BCUT2D eigenvalue weighted by Gasteiger charge is -2.44. The summed E-state index contributed by atoms with van der Waals surface area (Å²) in [6.07, 6.45) is 2.81. The molecule has 3 heterocycles. The number of ether oxygens (including phenoxy) is 2. The van der Waals surface area contributed by atoms with E-state index in [0.29, 0.717) is 0 Å². The minimum Gasteiger partial charge on any atom is -0.392 e. The summed E-state index contributed by atoms with van der Waals surface area (Å²) in [5, 5.41) is 12.3. The van der Waals surface area contributed by atoms with E-state index in [-0.39, 0.29) is 30.6 Å². The molecule has 2 aliphatic rings. The van der Waals surface area contributed by atoms with Gasteiger partial charge in [0.25, 0.3) is 0 Å². The molecular weight excluding hydrogens is 482 g/mol. The third kappa shape index (κ3) is 6.19. The highest BCUT2D eigenvalue weighted by molar-refractivity contribution is 5.88. The van der Waals surface area contributed by atoms with Crippen LogP contribution in [0.3, 0.4) is 0 Å². The normalized spacial score (nSPS) is 24.2. The van der Waals surface area contributed by atoms with Crippen molar-refractivity contribution in [1.82, 2.24) is 14.9 Å². The molecule has 1 amide bonds. The molecule has 200 valence electrons. The van der Waals surface area contributed by atoms with Crippen molar-refractivity contribution in [2.45, 2.75) is 39.0 Å². The number of aromatic nitrogens is 2. The number of hydrogen-bond acceptors (Lipinski definition) is 8. The molecule has 0 aliphatic carbocycles. The first-order valence-electron chi connectivity index (χ1n) is 13.1. The van der Waals surface area contributed by atoms with Gasteiger partial charge >= 0.3 is 0 Å². The van der Waals surface area contributed by atoms with E-state index < -0.39 is 6.29 Å². The maximum Gasteiger partial charge on any atom is 0.225 e. The van der Waals surface area contributed by atoms with Gasteiger partial charge in [-0.1, -0.05) is 43.3 Å². The molecular formula is C29H35N5O4. The summed E-state index contributed by atoms with van der Waals surface area (Å²) in [4.78, 5) is 24.9. The van der Waals surface area contributed by atoms with Crippen LogP contribution in [0.5, 0.6) is 0 Å². The second-order valence-corrected chi connectivity index (χ2v) is 9.96. The summed E-state index contributed by atoms with van der Waals surface area (Å²) in [7, 11) is 0. The Bertz CT molecular complexity index is 1180. The van der Waals surface area contributed by atoms with Gasteiger partial charge in [-0.15, -0.1) is 0 Å². The summed E-state index contributed by atoms with van der Waals surface area (Å²) >= 11 is 0. The second kappa shape index (κ2) is 12.0. The summed E-state index contributed by atoms with van der Waals surface area (Å²) in [6, 6.07) is 17.4. The van der Waals surface area contributed by atoms with Crippen LogP contribution in [0.15, 0.2) is 67.0 Å². The number of nitrogens with one attached hydrogen (secondary N) is 1. The zero-order valence-electron chi connectivity index (χ0n) is 21.9. The van der Waals surface area contributed by atoms with E-state index >= 15 is 0 Å². The van der Waals surface area contributed by atoms with Gasteiger partial charge in [0.15, 0.2) is 6.29 Å². The van der Waals surface area contributed by atoms with Gasteiger partial charge in [0.05, 0.1) is 18.8 Å². The van der Waals surface area contributed by atoms with Gasteiger partial charge < -0.3 is 24.8 Å². The molecule has 2 saturated heterocycles. The molecule has 2 fully saturated rings. The van der Waals surface area contributed by atoms with Crippen LogP contribution in [0.1, 0.15) is 42.9 Å². The number of benzene rings is 2. The first kappa shape index (κ1) is 26.2. The molecule has 38 heavy (non-hydrogen) atoms. The molecule has 0 radical (unpaired) electrons. The Morgan fingerprint density at radius 1 is 0.974 bits per heavy atom. The van der Waals surface area contributed by atoms with E-state index in [2.05, 4.69) is 32.0 Å². The van der Waals surface area contributed by atoms with Crippen LogP contribution in [0.4, 0.5) is 11.6 Å². The Labute approximate surface area is 223 Å². The zero-order chi connectivity index (χ0) is 26.5. The van der Waals surface area contributed by atoms with Crippen LogP contribution < -0.4 is 10.2 Å². The highest BCUT2D eigenvalue weighted by Gasteiger charge is 2.39. The predicted octanol–water partition coefficient (Wildman–Crippen LogP) is 3.54. The molecule has 0 bridgehead atoms. The highest BCUT2D eigenvalue weighted by Crippen LogP contribution is 2.42. The van der Waals surface area contributed by atoms with Crippen LogP contribution >= 0.6 is 0 Å². The van der Waals surface area contributed by atoms with Gasteiger partial charge in [-0.3, -0.25) is 9.69 Å². The van der Waals surface area contributed by atoms with Crippen LogP contribution in [-0.4, -0.2) is 64.7 Å². The number of amides is 1.